The van der Waals surface area contributed by atoms with Crippen LogP contribution in [-0.2, 0) is 9.53 Å². The third-order valence-electron chi connectivity index (χ3n) is 2.62. The molecule has 1 aliphatic heterocycles. The van der Waals surface area contributed by atoms with Gasteiger partial charge in [0.2, 0.25) is 0 Å². The minimum Gasteiger partial charge on any atom is -0.466 e. The molecule has 0 aromatic carbocycles. The first kappa shape index (κ1) is 11.8. The van der Waals surface area contributed by atoms with Crippen molar-refractivity contribution in [2.75, 3.05) is 19.7 Å². The molecule has 1 atom stereocenters. The molecule has 5 nitrogen and oxygen atoms in total. The number of carbonyl (C=O) groups excluding carboxylic acids is 1. The van der Waals surface area contributed by atoms with E-state index in [1.165, 1.54) is 4.90 Å². The molecule has 0 spiro atoms. The van der Waals surface area contributed by atoms with E-state index in [-0.39, 0.29) is 5.97 Å². The minimum absolute atomic E-state index is 0.189. The first-order valence-electron chi connectivity index (χ1n) is 5.27. The van der Waals surface area contributed by atoms with Gasteiger partial charge in [-0.25, -0.2) is 4.79 Å². The van der Waals surface area contributed by atoms with E-state index in [0.29, 0.717) is 32.0 Å². The Hall–Kier alpha value is -1.26. The van der Waals surface area contributed by atoms with Crippen molar-refractivity contribution in [2.24, 2.45) is 5.92 Å². The molecule has 1 aliphatic rings. The van der Waals surface area contributed by atoms with Crippen molar-refractivity contribution in [1.29, 1.82) is 0 Å². The van der Waals surface area contributed by atoms with E-state index >= 15 is 0 Å². The van der Waals surface area contributed by atoms with Crippen LogP contribution >= 0.6 is 0 Å². The Morgan fingerprint density at radius 3 is 2.80 bits per heavy atom. The highest BCUT2D eigenvalue weighted by molar-refractivity contribution is 5.69. The molecule has 0 radical (unpaired) electrons. The fourth-order valence-corrected chi connectivity index (χ4v) is 1.80. The number of rotatable bonds is 4. The van der Waals surface area contributed by atoms with E-state index in [4.69, 9.17) is 9.84 Å². The molecule has 5 heteroatoms. The van der Waals surface area contributed by atoms with Crippen LogP contribution in [0.1, 0.15) is 26.2 Å². The zero-order chi connectivity index (χ0) is 11.3. The highest BCUT2D eigenvalue weighted by atomic mass is 16.5. The van der Waals surface area contributed by atoms with Gasteiger partial charge in [-0.05, 0) is 25.7 Å². The second-order valence-electron chi connectivity index (χ2n) is 3.73. The van der Waals surface area contributed by atoms with Crippen LogP contribution in [0.3, 0.4) is 0 Å². The van der Waals surface area contributed by atoms with Crippen LogP contribution in [0.25, 0.3) is 0 Å². The molecular formula is C10H17NO4. The van der Waals surface area contributed by atoms with Crippen molar-refractivity contribution in [3.05, 3.63) is 0 Å². The molecule has 1 heterocycles. The summed E-state index contributed by atoms with van der Waals surface area (Å²) in [6.07, 6.45) is 1.11. The average Bonchev–Trinajstić information content (AvgIpc) is 2.63. The average molecular weight is 215 g/mol. The van der Waals surface area contributed by atoms with E-state index in [0.717, 1.165) is 12.8 Å². The minimum atomic E-state index is -0.867. The Balaban J connectivity index is 2.19. The summed E-state index contributed by atoms with van der Waals surface area (Å²) in [6, 6.07) is 0. The van der Waals surface area contributed by atoms with Gasteiger partial charge in [-0.15, -0.1) is 0 Å². The summed E-state index contributed by atoms with van der Waals surface area (Å²) in [4.78, 5) is 23.1. The van der Waals surface area contributed by atoms with E-state index in [1.54, 1.807) is 6.92 Å². The van der Waals surface area contributed by atoms with Crippen LogP contribution in [-0.4, -0.2) is 41.8 Å². The van der Waals surface area contributed by atoms with Crippen LogP contribution in [0.4, 0.5) is 4.79 Å². The molecule has 0 bridgehead atoms. The monoisotopic (exact) mass is 215 g/mol. The Labute approximate surface area is 89.0 Å². The molecule has 0 unspecified atom stereocenters. The van der Waals surface area contributed by atoms with E-state index < -0.39 is 6.09 Å². The van der Waals surface area contributed by atoms with Crippen molar-refractivity contribution in [1.82, 2.24) is 4.90 Å². The van der Waals surface area contributed by atoms with E-state index in [1.807, 2.05) is 0 Å². The van der Waals surface area contributed by atoms with Crippen LogP contribution in [0.2, 0.25) is 0 Å². The number of ether oxygens (including phenoxy) is 1. The second-order valence-corrected chi connectivity index (χ2v) is 3.73. The normalized spacial score (nSPS) is 20.3. The highest BCUT2D eigenvalue weighted by Gasteiger charge is 2.26. The van der Waals surface area contributed by atoms with Gasteiger partial charge in [-0.2, -0.15) is 0 Å². The Bertz CT molecular complexity index is 242. The van der Waals surface area contributed by atoms with Crippen molar-refractivity contribution < 1.29 is 19.4 Å². The maximum absolute atomic E-state index is 11.1. The van der Waals surface area contributed by atoms with Gasteiger partial charge >= 0.3 is 12.1 Å². The fourth-order valence-electron chi connectivity index (χ4n) is 1.80. The predicted octanol–water partition coefficient (Wildman–Crippen LogP) is 1.33. The SMILES string of the molecule is CCOC(=O)CC[C@@H]1CCN(C(=O)O)C1. The number of likely N-dealkylation sites (tertiary alicyclic amines) is 1. The van der Waals surface area contributed by atoms with Gasteiger partial charge < -0.3 is 14.7 Å². The highest BCUT2D eigenvalue weighted by Crippen LogP contribution is 2.21. The van der Waals surface area contributed by atoms with Crippen LogP contribution in [0.5, 0.6) is 0 Å². The van der Waals surface area contributed by atoms with Gasteiger partial charge in [0.1, 0.15) is 0 Å². The summed E-state index contributed by atoms with van der Waals surface area (Å²) in [6.45, 7) is 3.32. The smallest absolute Gasteiger partial charge is 0.407 e. The lowest BCUT2D eigenvalue weighted by Gasteiger charge is -2.11. The summed E-state index contributed by atoms with van der Waals surface area (Å²) in [5, 5.41) is 8.73. The Kier molecular flexibility index (Phi) is 4.39. The van der Waals surface area contributed by atoms with Crippen LogP contribution in [0.15, 0.2) is 0 Å². The quantitative estimate of drug-likeness (QED) is 0.718. The van der Waals surface area contributed by atoms with Crippen molar-refractivity contribution in [3.63, 3.8) is 0 Å². The number of hydrogen-bond acceptors (Lipinski definition) is 3. The lowest BCUT2D eigenvalue weighted by Crippen LogP contribution is -2.26. The first-order chi connectivity index (χ1) is 7.13. The van der Waals surface area contributed by atoms with Crippen molar-refractivity contribution in [3.8, 4) is 0 Å². The molecule has 0 aromatic heterocycles. The number of carboxylic acid groups (broad SMARTS) is 1. The summed E-state index contributed by atoms with van der Waals surface area (Å²) >= 11 is 0. The van der Waals surface area contributed by atoms with Gasteiger partial charge in [0.25, 0.3) is 0 Å². The van der Waals surface area contributed by atoms with Gasteiger partial charge in [0.05, 0.1) is 6.61 Å². The third-order valence-corrected chi connectivity index (χ3v) is 2.62. The molecule has 1 amide bonds. The second kappa shape index (κ2) is 5.58. The van der Waals surface area contributed by atoms with Crippen LogP contribution in [0, 0.1) is 5.92 Å². The van der Waals surface area contributed by atoms with E-state index in [9.17, 15) is 9.59 Å². The summed E-state index contributed by atoms with van der Waals surface area (Å²) in [7, 11) is 0. The summed E-state index contributed by atoms with van der Waals surface area (Å²) in [5.74, 6) is 0.122. The van der Waals surface area contributed by atoms with Gasteiger partial charge in [0.15, 0.2) is 0 Å². The molecule has 0 aliphatic carbocycles. The van der Waals surface area contributed by atoms with Crippen molar-refractivity contribution in [2.45, 2.75) is 26.2 Å². The molecule has 86 valence electrons. The topological polar surface area (TPSA) is 66.8 Å². The molecular weight excluding hydrogens is 198 g/mol. The Morgan fingerprint density at radius 2 is 2.27 bits per heavy atom. The van der Waals surface area contributed by atoms with Crippen LogP contribution < -0.4 is 0 Å². The van der Waals surface area contributed by atoms with E-state index in [2.05, 4.69) is 0 Å². The largest absolute Gasteiger partial charge is 0.466 e. The molecule has 0 aromatic rings. The molecule has 1 saturated heterocycles. The number of hydrogen-bond donors (Lipinski definition) is 1. The number of nitrogens with zero attached hydrogens (tertiary/aromatic N) is 1. The molecule has 1 fully saturated rings. The Morgan fingerprint density at radius 1 is 1.53 bits per heavy atom. The molecule has 1 rings (SSSR count). The molecule has 15 heavy (non-hydrogen) atoms. The van der Waals surface area contributed by atoms with Gasteiger partial charge in [0, 0.05) is 19.5 Å². The molecule has 1 N–H and O–H groups in total. The fraction of sp³-hybridized carbons (Fsp3) is 0.800. The number of amides is 1. The third kappa shape index (κ3) is 3.77. The zero-order valence-corrected chi connectivity index (χ0v) is 8.94. The van der Waals surface area contributed by atoms with Crippen molar-refractivity contribution >= 4 is 12.1 Å². The summed E-state index contributed by atoms with van der Waals surface area (Å²) < 4.78 is 4.81. The lowest BCUT2D eigenvalue weighted by atomic mass is 10.0. The lowest BCUT2D eigenvalue weighted by molar-refractivity contribution is -0.143. The maximum atomic E-state index is 11.1. The summed E-state index contributed by atoms with van der Waals surface area (Å²) in [5.41, 5.74) is 0. The number of carbonyl (C=O) groups is 2. The predicted molar refractivity (Wildman–Crippen MR) is 53.6 cm³/mol. The maximum Gasteiger partial charge on any atom is 0.407 e. The van der Waals surface area contributed by atoms with Gasteiger partial charge in [-0.3, -0.25) is 4.79 Å². The van der Waals surface area contributed by atoms with Gasteiger partial charge in [-0.1, -0.05) is 0 Å². The molecule has 0 saturated carbocycles. The standard InChI is InChI=1S/C10H17NO4/c1-2-15-9(12)4-3-8-5-6-11(7-8)10(13)14/h8H,2-7H2,1H3,(H,13,14)/t8-/m1/s1. The first-order valence-corrected chi connectivity index (χ1v) is 5.27. The zero-order valence-electron chi connectivity index (χ0n) is 8.94. The number of esters is 1.